The van der Waals surface area contributed by atoms with Crippen LogP contribution in [-0.4, -0.2) is 10.9 Å². The Bertz CT molecular complexity index is 734. The van der Waals surface area contributed by atoms with E-state index < -0.39 is 5.82 Å². The molecule has 0 radical (unpaired) electrons. The molecule has 3 N–H and O–H groups in total. The number of hydrogen-bond donors (Lipinski definition) is 2. The zero-order valence-corrected chi connectivity index (χ0v) is 12.7. The van der Waals surface area contributed by atoms with E-state index >= 15 is 0 Å². The molecule has 2 aromatic carbocycles. The van der Waals surface area contributed by atoms with Crippen LogP contribution >= 0.6 is 23.8 Å². The molecule has 0 saturated heterocycles. The van der Waals surface area contributed by atoms with Crippen LogP contribution in [-0.2, 0) is 0 Å². The van der Waals surface area contributed by atoms with Gasteiger partial charge in [-0.25, -0.2) is 4.39 Å². The highest BCUT2D eigenvalue weighted by atomic mass is 35.5. The number of aryl methyl sites for hydroxylation is 1. The van der Waals surface area contributed by atoms with Crippen LogP contribution in [0.15, 0.2) is 36.4 Å². The van der Waals surface area contributed by atoms with Crippen LogP contribution in [0.3, 0.4) is 0 Å². The molecule has 2 aromatic rings. The number of hydrogen-bond acceptors (Lipinski definition) is 2. The van der Waals surface area contributed by atoms with E-state index in [0.717, 1.165) is 0 Å². The van der Waals surface area contributed by atoms with E-state index in [1.807, 2.05) is 0 Å². The number of carbonyl (C=O) groups is 1. The van der Waals surface area contributed by atoms with Crippen LogP contribution in [0.4, 0.5) is 10.1 Å². The second-order valence-corrected chi connectivity index (χ2v) is 5.32. The Labute approximate surface area is 131 Å². The van der Waals surface area contributed by atoms with Crippen LogP contribution in [0, 0.1) is 12.7 Å². The van der Waals surface area contributed by atoms with Crippen molar-refractivity contribution in [2.45, 2.75) is 6.92 Å². The Hall–Kier alpha value is -1.98. The number of nitrogens with one attached hydrogen (secondary N) is 1. The Kier molecular flexibility index (Phi) is 4.55. The summed E-state index contributed by atoms with van der Waals surface area (Å²) in [5.74, 6) is -0.771. The molecule has 0 bridgehead atoms. The van der Waals surface area contributed by atoms with Gasteiger partial charge in [0, 0.05) is 11.1 Å². The molecule has 1 amide bonds. The summed E-state index contributed by atoms with van der Waals surface area (Å²) in [7, 11) is 0. The van der Waals surface area contributed by atoms with Gasteiger partial charge < -0.3 is 11.1 Å². The first kappa shape index (κ1) is 15.4. The summed E-state index contributed by atoms with van der Waals surface area (Å²) in [6.45, 7) is 1.66. The van der Waals surface area contributed by atoms with Gasteiger partial charge in [0.05, 0.1) is 10.7 Å². The number of halogens is 2. The number of benzene rings is 2. The summed E-state index contributed by atoms with van der Waals surface area (Å²) in [4.78, 5) is 12.4. The molecular weight excluding hydrogens is 311 g/mol. The van der Waals surface area contributed by atoms with E-state index in [0.29, 0.717) is 27.4 Å². The van der Waals surface area contributed by atoms with Crippen molar-refractivity contribution in [3.63, 3.8) is 0 Å². The highest BCUT2D eigenvalue weighted by molar-refractivity contribution is 7.80. The molecule has 0 atom stereocenters. The lowest BCUT2D eigenvalue weighted by atomic mass is 10.1. The molecule has 0 spiro atoms. The maximum atomic E-state index is 13.1. The zero-order valence-electron chi connectivity index (χ0n) is 11.1. The molecule has 2 rings (SSSR count). The minimum atomic E-state index is -0.391. The Morgan fingerprint density at radius 3 is 2.62 bits per heavy atom. The SMILES string of the molecule is Cc1cc(F)ccc1C(=O)Nc1cc(C(N)=S)ccc1Cl. The standard InChI is InChI=1S/C15H12ClFN2OS/c1-8-6-10(17)3-4-11(8)15(20)19-13-7-9(14(18)21)2-5-12(13)16/h2-7H,1H3,(H2,18,21)(H,19,20). The average Bonchev–Trinajstić information content (AvgIpc) is 2.40. The third-order valence-corrected chi connectivity index (χ3v) is 3.50. The van der Waals surface area contributed by atoms with Gasteiger partial charge in [0.25, 0.3) is 5.91 Å². The predicted molar refractivity (Wildman–Crippen MR) is 86.4 cm³/mol. The highest BCUT2D eigenvalue weighted by Crippen LogP contribution is 2.24. The molecule has 3 nitrogen and oxygen atoms in total. The number of amides is 1. The molecule has 108 valence electrons. The lowest BCUT2D eigenvalue weighted by Gasteiger charge is -2.10. The summed E-state index contributed by atoms with van der Waals surface area (Å²) in [5.41, 5.74) is 7.45. The molecule has 0 aliphatic rings. The van der Waals surface area contributed by atoms with E-state index in [2.05, 4.69) is 5.32 Å². The molecule has 0 unspecified atom stereocenters. The quantitative estimate of drug-likeness (QED) is 0.848. The molecule has 0 saturated carbocycles. The molecule has 0 aromatic heterocycles. The van der Waals surface area contributed by atoms with E-state index in [4.69, 9.17) is 29.6 Å². The fourth-order valence-corrected chi connectivity index (χ4v) is 2.14. The van der Waals surface area contributed by atoms with Gasteiger partial charge in [-0.15, -0.1) is 0 Å². The first-order valence-electron chi connectivity index (χ1n) is 6.05. The van der Waals surface area contributed by atoms with Crippen LogP contribution in [0.5, 0.6) is 0 Å². The van der Waals surface area contributed by atoms with Crippen molar-refractivity contribution in [1.29, 1.82) is 0 Å². The fraction of sp³-hybridized carbons (Fsp3) is 0.0667. The van der Waals surface area contributed by atoms with Crippen LogP contribution < -0.4 is 11.1 Å². The van der Waals surface area contributed by atoms with Gasteiger partial charge in [-0.05, 0) is 42.8 Å². The number of carbonyl (C=O) groups excluding carboxylic acids is 1. The van der Waals surface area contributed by atoms with Crippen molar-refractivity contribution >= 4 is 40.4 Å². The molecule has 0 fully saturated rings. The zero-order chi connectivity index (χ0) is 15.6. The maximum absolute atomic E-state index is 13.1. The largest absolute Gasteiger partial charge is 0.389 e. The predicted octanol–water partition coefficient (Wildman–Crippen LogP) is 3.67. The fourth-order valence-electron chi connectivity index (χ4n) is 1.85. The van der Waals surface area contributed by atoms with Crippen LogP contribution in [0.1, 0.15) is 21.5 Å². The van der Waals surface area contributed by atoms with Crippen molar-refractivity contribution in [1.82, 2.24) is 0 Å². The van der Waals surface area contributed by atoms with Gasteiger partial charge in [0.15, 0.2) is 0 Å². The molecular formula is C15H12ClFN2OS. The van der Waals surface area contributed by atoms with Gasteiger partial charge in [0.2, 0.25) is 0 Å². The molecule has 6 heteroatoms. The Morgan fingerprint density at radius 1 is 1.29 bits per heavy atom. The topological polar surface area (TPSA) is 55.1 Å². The normalized spacial score (nSPS) is 10.2. The van der Waals surface area contributed by atoms with Gasteiger partial charge >= 0.3 is 0 Å². The van der Waals surface area contributed by atoms with E-state index in [9.17, 15) is 9.18 Å². The third-order valence-electron chi connectivity index (χ3n) is 2.93. The summed E-state index contributed by atoms with van der Waals surface area (Å²) < 4.78 is 13.1. The minimum absolute atomic E-state index is 0.208. The van der Waals surface area contributed by atoms with E-state index in [-0.39, 0.29) is 10.9 Å². The van der Waals surface area contributed by atoms with Crippen molar-refractivity contribution in [3.05, 3.63) is 63.9 Å². The molecule has 0 heterocycles. The Balaban J connectivity index is 2.31. The van der Waals surface area contributed by atoms with Gasteiger partial charge in [0.1, 0.15) is 10.8 Å². The first-order chi connectivity index (χ1) is 9.88. The average molecular weight is 323 g/mol. The number of thiocarbonyl (C=S) groups is 1. The van der Waals surface area contributed by atoms with Crippen LogP contribution in [0.2, 0.25) is 5.02 Å². The molecule has 0 aliphatic carbocycles. The van der Waals surface area contributed by atoms with E-state index in [1.165, 1.54) is 18.2 Å². The summed E-state index contributed by atoms with van der Waals surface area (Å²) in [5, 5.41) is 3.04. The number of rotatable bonds is 3. The second-order valence-electron chi connectivity index (χ2n) is 4.47. The highest BCUT2D eigenvalue weighted by Gasteiger charge is 2.12. The lowest BCUT2D eigenvalue weighted by molar-refractivity contribution is 0.102. The van der Waals surface area contributed by atoms with Crippen molar-refractivity contribution in [2.75, 3.05) is 5.32 Å². The first-order valence-corrected chi connectivity index (χ1v) is 6.84. The van der Waals surface area contributed by atoms with Crippen LogP contribution in [0.25, 0.3) is 0 Å². The number of nitrogens with two attached hydrogens (primary N) is 1. The summed E-state index contributed by atoms with van der Waals surface area (Å²) in [6.07, 6.45) is 0. The molecule has 0 aliphatic heterocycles. The monoisotopic (exact) mass is 322 g/mol. The van der Waals surface area contributed by atoms with Gasteiger partial charge in [-0.2, -0.15) is 0 Å². The van der Waals surface area contributed by atoms with Crippen molar-refractivity contribution in [3.8, 4) is 0 Å². The molecule has 21 heavy (non-hydrogen) atoms. The Morgan fingerprint density at radius 2 is 2.00 bits per heavy atom. The third kappa shape index (κ3) is 3.56. The number of anilines is 1. The van der Waals surface area contributed by atoms with Crippen molar-refractivity contribution in [2.24, 2.45) is 5.73 Å². The second kappa shape index (κ2) is 6.20. The van der Waals surface area contributed by atoms with Gasteiger partial charge in [-0.3, -0.25) is 4.79 Å². The minimum Gasteiger partial charge on any atom is -0.389 e. The lowest BCUT2D eigenvalue weighted by Crippen LogP contribution is -2.15. The maximum Gasteiger partial charge on any atom is 0.255 e. The van der Waals surface area contributed by atoms with E-state index in [1.54, 1.807) is 25.1 Å². The summed E-state index contributed by atoms with van der Waals surface area (Å²) in [6, 6.07) is 8.82. The summed E-state index contributed by atoms with van der Waals surface area (Å²) >= 11 is 10.9. The van der Waals surface area contributed by atoms with Crippen molar-refractivity contribution < 1.29 is 9.18 Å². The smallest absolute Gasteiger partial charge is 0.255 e. The van der Waals surface area contributed by atoms with Gasteiger partial charge in [-0.1, -0.05) is 29.9 Å².